The Balaban J connectivity index is 2.42. The minimum absolute atomic E-state index is 0.588. The molecule has 1 unspecified atom stereocenters. The number of nitrogens with zero attached hydrogens (tertiary/aromatic N) is 1. The van der Waals surface area contributed by atoms with Gasteiger partial charge in [0.1, 0.15) is 0 Å². The molecule has 1 N–H and O–H groups in total. The molecule has 0 saturated heterocycles. The third-order valence-electron chi connectivity index (χ3n) is 3.56. The van der Waals surface area contributed by atoms with Gasteiger partial charge in [0, 0.05) is 25.4 Å². The Morgan fingerprint density at radius 2 is 1.95 bits per heavy atom. The molecular weight excluding hydrogens is 264 g/mol. The summed E-state index contributed by atoms with van der Waals surface area (Å²) in [6.07, 6.45) is 3.37. The number of benzene rings is 1. The predicted octanol–water partition coefficient (Wildman–Crippen LogP) is 3.58. The number of hydrogen-bond acceptors (Lipinski definition) is 3. The van der Waals surface area contributed by atoms with Crippen molar-refractivity contribution in [2.45, 2.75) is 32.7 Å². The summed E-state index contributed by atoms with van der Waals surface area (Å²) in [6, 6.07) is 9.13. The summed E-state index contributed by atoms with van der Waals surface area (Å²) in [5.74, 6) is 1.79. The third kappa shape index (κ3) is 6.78. The van der Waals surface area contributed by atoms with Crippen molar-refractivity contribution in [3.63, 3.8) is 0 Å². The molecule has 2 nitrogen and oxygen atoms in total. The Morgan fingerprint density at radius 3 is 2.55 bits per heavy atom. The van der Waals surface area contributed by atoms with Gasteiger partial charge >= 0.3 is 0 Å². The molecule has 0 amide bonds. The van der Waals surface area contributed by atoms with E-state index in [1.165, 1.54) is 23.3 Å². The summed E-state index contributed by atoms with van der Waals surface area (Å²) >= 11 is 1.91. The zero-order chi connectivity index (χ0) is 14.8. The molecule has 3 heteroatoms. The van der Waals surface area contributed by atoms with Crippen molar-refractivity contribution < 1.29 is 0 Å². The summed E-state index contributed by atoms with van der Waals surface area (Å²) in [5.41, 5.74) is 2.84. The molecule has 0 saturated carbocycles. The van der Waals surface area contributed by atoms with Gasteiger partial charge in [-0.05, 0) is 43.3 Å². The van der Waals surface area contributed by atoms with Crippen molar-refractivity contribution in [2.75, 3.05) is 38.7 Å². The molecule has 0 aliphatic carbocycles. The minimum atomic E-state index is 0.588. The van der Waals surface area contributed by atoms with Gasteiger partial charge in [0.15, 0.2) is 0 Å². The van der Waals surface area contributed by atoms with E-state index in [0.29, 0.717) is 5.92 Å². The van der Waals surface area contributed by atoms with E-state index in [2.05, 4.69) is 61.6 Å². The third-order valence-corrected chi connectivity index (χ3v) is 4.15. The van der Waals surface area contributed by atoms with E-state index in [4.69, 9.17) is 0 Å². The van der Waals surface area contributed by atoms with Crippen molar-refractivity contribution in [3.8, 4) is 0 Å². The standard InChI is InChI=1S/C17H30N2S/c1-5-10-18-13-15(2)17-8-6-16(7-9-17)14-19(3)11-12-20-4/h6-9,15,18H,5,10-14H2,1-4H3. The van der Waals surface area contributed by atoms with Gasteiger partial charge in [0.25, 0.3) is 0 Å². The highest BCUT2D eigenvalue weighted by Crippen LogP contribution is 2.16. The predicted molar refractivity (Wildman–Crippen MR) is 92.7 cm³/mol. The number of hydrogen-bond donors (Lipinski definition) is 1. The molecule has 1 rings (SSSR count). The molecule has 0 heterocycles. The Labute approximate surface area is 129 Å². The molecule has 0 spiro atoms. The molecule has 1 aromatic rings. The molecule has 0 aliphatic rings. The Kier molecular flexibility index (Phi) is 8.99. The monoisotopic (exact) mass is 294 g/mol. The maximum atomic E-state index is 3.49. The Hall–Kier alpha value is -0.510. The van der Waals surface area contributed by atoms with Crippen LogP contribution in [0.15, 0.2) is 24.3 Å². The van der Waals surface area contributed by atoms with E-state index in [1.54, 1.807) is 0 Å². The summed E-state index contributed by atoms with van der Waals surface area (Å²) in [4.78, 5) is 2.39. The number of rotatable bonds is 10. The van der Waals surface area contributed by atoms with E-state index in [9.17, 15) is 0 Å². The van der Waals surface area contributed by atoms with Crippen LogP contribution in [0.4, 0.5) is 0 Å². The average Bonchev–Trinajstić information content (AvgIpc) is 2.46. The first kappa shape index (κ1) is 17.5. The summed E-state index contributed by atoms with van der Waals surface area (Å²) < 4.78 is 0. The summed E-state index contributed by atoms with van der Waals surface area (Å²) in [5, 5.41) is 3.49. The van der Waals surface area contributed by atoms with E-state index >= 15 is 0 Å². The van der Waals surface area contributed by atoms with Crippen molar-refractivity contribution in [1.82, 2.24) is 10.2 Å². The first-order valence-corrected chi connectivity index (χ1v) is 9.03. The molecule has 0 bridgehead atoms. The fraction of sp³-hybridized carbons (Fsp3) is 0.647. The quantitative estimate of drug-likeness (QED) is 0.664. The fourth-order valence-corrected chi connectivity index (χ4v) is 2.70. The van der Waals surface area contributed by atoms with Crippen LogP contribution in [0.25, 0.3) is 0 Å². The highest BCUT2D eigenvalue weighted by molar-refractivity contribution is 7.98. The van der Waals surface area contributed by atoms with Crippen LogP contribution in [0, 0.1) is 0 Å². The van der Waals surface area contributed by atoms with E-state index in [-0.39, 0.29) is 0 Å². The van der Waals surface area contributed by atoms with Gasteiger partial charge in [0.05, 0.1) is 0 Å². The van der Waals surface area contributed by atoms with Crippen LogP contribution in [0.5, 0.6) is 0 Å². The van der Waals surface area contributed by atoms with Crippen molar-refractivity contribution in [1.29, 1.82) is 0 Å². The van der Waals surface area contributed by atoms with Gasteiger partial charge in [-0.15, -0.1) is 0 Å². The van der Waals surface area contributed by atoms with E-state index < -0.39 is 0 Å². The summed E-state index contributed by atoms with van der Waals surface area (Å²) in [6.45, 7) is 8.88. The van der Waals surface area contributed by atoms with E-state index in [1.807, 2.05) is 11.8 Å². The van der Waals surface area contributed by atoms with Crippen LogP contribution in [-0.4, -0.2) is 43.6 Å². The summed E-state index contributed by atoms with van der Waals surface area (Å²) in [7, 11) is 2.20. The number of nitrogens with one attached hydrogen (secondary N) is 1. The van der Waals surface area contributed by atoms with Gasteiger partial charge in [-0.3, -0.25) is 0 Å². The fourth-order valence-electron chi connectivity index (χ4n) is 2.20. The molecule has 0 aromatic heterocycles. The second kappa shape index (κ2) is 10.3. The van der Waals surface area contributed by atoms with Crippen LogP contribution >= 0.6 is 11.8 Å². The van der Waals surface area contributed by atoms with Crippen LogP contribution in [-0.2, 0) is 6.54 Å². The minimum Gasteiger partial charge on any atom is -0.316 e. The van der Waals surface area contributed by atoms with Crippen LogP contribution in [0.2, 0.25) is 0 Å². The topological polar surface area (TPSA) is 15.3 Å². The molecule has 20 heavy (non-hydrogen) atoms. The van der Waals surface area contributed by atoms with Gasteiger partial charge in [-0.25, -0.2) is 0 Å². The zero-order valence-electron chi connectivity index (χ0n) is 13.5. The lowest BCUT2D eigenvalue weighted by Gasteiger charge is -2.17. The Bertz CT molecular complexity index is 351. The highest BCUT2D eigenvalue weighted by atomic mass is 32.2. The molecule has 0 radical (unpaired) electrons. The smallest absolute Gasteiger partial charge is 0.0231 e. The number of thioether (sulfide) groups is 1. The molecule has 1 aromatic carbocycles. The maximum absolute atomic E-state index is 3.49. The molecular formula is C17H30N2S. The van der Waals surface area contributed by atoms with Gasteiger partial charge in [-0.1, -0.05) is 38.1 Å². The molecule has 1 atom stereocenters. The molecule has 0 fully saturated rings. The second-order valence-electron chi connectivity index (χ2n) is 5.58. The molecule has 0 aliphatic heterocycles. The van der Waals surface area contributed by atoms with Crippen molar-refractivity contribution >= 4 is 11.8 Å². The van der Waals surface area contributed by atoms with Crippen LogP contribution in [0.1, 0.15) is 37.3 Å². The van der Waals surface area contributed by atoms with E-state index in [0.717, 1.165) is 26.2 Å². The average molecular weight is 295 g/mol. The maximum Gasteiger partial charge on any atom is 0.0231 e. The lowest BCUT2D eigenvalue weighted by atomic mass is 9.99. The lowest BCUT2D eigenvalue weighted by Crippen LogP contribution is -2.21. The SMILES string of the molecule is CCCNCC(C)c1ccc(CN(C)CCSC)cc1. The van der Waals surface area contributed by atoms with Crippen LogP contribution < -0.4 is 5.32 Å². The molecule has 114 valence electrons. The largest absolute Gasteiger partial charge is 0.316 e. The van der Waals surface area contributed by atoms with Gasteiger partial charge in [0.2, 0.25) is 0 Å². The normalized spacial score (nSPS) is 12.8. The van der Waals surface area contributed by atoms with Crippen LogP contribution in [0.3, 0.4) is 0 Å². The van der Waals surface area contributed by atoms with Crippen molar-refractivity contribution in [3.05, 3.63) is 35.4 Å². The Morgan fingerprint density at radius 1 is 1.25 bits per heavy atom. The van der Waals surface area contributed by atoms with Gasteiger partial charge < -0.3 is 10.2 Å². The lowest BCUT2D eigenvalue weighted by molar-refractivity contribution is 0.349. The highest BCUT2D eigenvalue weighted by Gasteiger charge is 2.05. The zero-order valence-corrected chi connectivity index (χ0v) is 14.3. The second-order valence-corrected chi connectivity index (χ2v) is 6.56. The van der Waals surface area contributed by atoms with Crippen molar-refractivity contribution in [2.24, 2.45) is 0 Å². The van der Waals surface area contributed by atoms with Gasteiger partial charge in [-0.2, -0.15) is 11.8 Å². The first-order chi connectivity index (χ1) is 9.67. The first-order valence-electron chi connectivity index (χ1n) is 7.64.